The van der Waals surface area contributed by atoms with Crippen LogP contribution in [-0.2, 0) is 0 Å². The van der Waals surface area contributed by atoms with Crippen LogP contribution in [0.15, 0.2) is 23.0 Å². The van der Waals surface area contributed by atoms with Crippen molar-refractivity contribution in [3.63, 3.8) is 0 Å². The Morgan fingerprint density at radius 3 is 2.45 bits per heavy atom. The van der Waals surface area contributed by atoms with Crippen molar-refractivity contribution in [2.75, 3.05) is 13.1 Å². The van der Waals surface area contributed by atoms with Gasteiger partial charge in [-0.15, -0.1) is 0 Å². The number of phenolic OH excluding ortho intramolecular Hbond substituents is 1. The minimum Gasteiger partial charge on any atom is -0.503 e. The summed E-state index contributed by atoms with van der Waals surface area (Å²) in [4.78, 5) is 17.8. The van der Waals surface area contributed by atoms with Crippen molar-refractivity contribution in [1.82, 2.24) is 15.0 Å². The largest absolute Gasteiger partial charge is 0.503 e. The molecule has 1 fully saturated rings. The number of amides is 1. The molecule has 22 heavy (non-hydrogen) atoms. The van der Waals surface area contributed by atoms with E-state index >= 15 is 0 Å². The highest BCUT2D eigenvalue weighted by Gasteiger charge is 2.27. The van der Waals surface area contributed by atoms with Crippen molar-refractivity contribution >= 4 is 5.91 Å². The molecule has 0 unspecified atom stereocenters. The normalized spacial score (nSPS) is 16.0. The summed E-state index contributed by atoms with van der Waals surface area (Å²) in [5.74, 6) is -3.13. The summed E-state index contributed by atoms with van der Waals surface area (Å²) in [5, 5.41) is 12.8. The van der Waals surface area contributed by atoms with Crippen LogP contribution in [0.3, 0.4) is 0 Å². The van der Waals surface area contributed by atoms with Crippen LogP contribution in [0.2, 0.25) is 0 Å². The van der Waals surface area contributed by atoms with Gasteiger partial charge >= 0.3 is 0 Å². The molecule has 0 atom stereocenters. The molecule has 1 saturated heterocycles. The van der Waals surface area contributed by atoms with Gasteiger partial charge in [-0.3, -0.25) is 4.79 Å². The summed E-state index contributed by atoms with van der Waals surface area (Å²) >= 11 is 0. The minimum absolute atomic E-state index is 0.107. The van der Waals surface area contributed by atoms with E-state index in [4.69, 9.17) is 9.63 Å². The lowest BCUT2D eigenvalue weighted by Crippen LogP contribution is -2.38. The van der Waals surface area contributed by atoms with Gasteiger partial charge in [0, 0.05) is 24.6 Å². The van der Waals surface area contributed by atoms with Crippen LogP contribution < -0.4 is 0 Å². The molecule has 1 aromatic carbocycles. The fourth-order valence-electron chi connectivity index (χ4n) is 2.57. The predicted molar refractivity (Wildman–Crippen MR) is 70.2 cm³/mol. The average Bonchev–Trinajstić information content (AvgIpc) is 3.06. The fourth-order valence-corrected chi connectivity index (χ4v) is 2.57. The quantitative estimate of drug-likeness (QED) is 0.918. The topological polar surface area (TPSA) is 79.5 Å². The van der Waals surface area contributed by atoms with Crippen LogP contribution >= 0.6 is 0 Å². The van der Waals surface area contributed by atoms with Gasteiger partial charge < -0.3 is 14.5 Å². The first-order chi connectivity index (χ1) is 10.6. The minimum atomic E-state index is -1.15. The summed E-state index contributed by atoms with van der Waals surface area (Å²) in [6.07, 6.45) is 2.55. The summed E-state index contributed by atoms with van der Waals surface area (Å²) in [6.45, 7) is 0.865. The number of phenols is 1. The monoisotopic (exact) mass is 309 g/mol. The molecular formula is C14H13F2N3O3. The molecule has 6 nitrogen and oxygen atoms in total. The zero-order chi connectivity index (χ0) is 15.7. The molecule has 0 aliphatic carbocycles. The summed E-state index contributed by atoms with van der Waals surface area (Å²) in [7, 11) is 0. The maximum absolute atomic E-state index is 13.3. The lowest BCUT2D eigenvalue weighted by molar-refractivity contribution is 0.0709. The van der Waals surface area contributed by atoms with Crippen molar-refractivity contribution in [2.24, 2.45) is 0 Å². The first-order valence-electron chi connectivity index (χ1n) is 6.80. The smallest absolute Gasteiger partial charge is 0.254 e. The molecule has 0 radical (unpaired) electrons. The second-order valence-corrected chi connectivity index (χ2v) is 5.14. The van der Waals surface area contributed by atoms with Crippen LogP contribution in [0.1, 0.15) is 34.9 Å². The van der Waals surface area contributed by atoms with Gasteiger partial charge in [0.1, 0.15) is 0 Å². The molecular weight excluding hydrogens is 296 g/mol. The second kappa shape index (κ2) is 5.70. The fraction of sp³-hybridized carbons (Fsp3) is 0.357. The van der Waals surface area contributed by atoms with Gasteiger partial charge in [-0.25, -0.2) is 8.78 Å². The van der Waals surface area contributed by atoms with Gasteiger partial charge in [-0.1, -0.05) is 5.16 Å². The number of aromatic hydroxyl groups is 1. The lowest BCUT2D eigenvalue weighted by atomic mass is 9.95. The molecule has 1 aromatic heterocycles. The predicted octanol–water partition coefficient (Wildman–Crippen LogP) is 2.07. The Hall–Kier alpha value is -2.51. The first kappa shape index (κ1) is 14.4. The number of benzene rings is 1. The average molecular weight is 309 g/mol. The van der Waals surface area contributed by atoms with E-state index in [1.807, 2.05) is 0 Å². The van der Waals surface area contributed by atoms with E-state index in [1.54, 1.807) is 0 Å². The number of carbonyl (C=O) groups excluding carboxylic acids is 1. The van der Waals surface area contributed by atoms with E-state index in [-0.39, 0.29) is 11.5 Å². The van der Waals surface area contributed by atoms with Crippen molar-refractivity contribution in [3.8, 4) is 5.75 Å². The molecule has 3 rings (SSSR count). The number of carbonyl (C=O) groups is 1. The highest BCUT2D eigenvalue weighted by molar-refractivity contribution is 5.94. The summed E-state index contributed by atoms with van der Waals surface area (Å²) in [6, 6.07) is 1.68. The highest BCUT2D eigenvalue weighted by atomic mass is 19.1. The Labute approximate surface area is 124 Å². The molecule has 1 amide bonds. The summed E-state index contributed by atoms with van der Waals surface area (Å²) in [5.41, 5.74) is -0.120. The highest BCUT2D eigenvalue weighted by Crippen LogP contribution is 2.27. The standard InChI is InChI=1S/C14H13F2N3O3/c15-10-5-9(6-11(16)12(10)20)14(21)19-3-1-8(2-4-19)13-17-7-22-18-13/h5-8,20H,1-4H2. The maximum Gasteiger partial charge on any atom is 0.254 e. The Kier molecular flexibility index (Phi) is 3.74. The number of halogens is 2. The van der Waals surface area contributed by atoms with E-state index < -0.39 is 23.3 Å². The number of hydrogen-bond donors (Lipinski definition) is 1. The van der Waals surface area contributed by atoms with Gasteiger partial charge in [-0.2, -0.15) is 4.98 Å². The van der Waals surface area contributed by atoms with Crippen LogP contribution in [0.4, 0.5) is 8.78 Å². The zero-order valence-corrected chi connectivity index (χ0v) is 11.5. The third-order valence-electron chi connectivity index (χ3n) is 3.79. The Balaban J connectivity index is 1.70. The van der Waals surface area contributed by atoms with Gasteiger partial charge in [0.15, 0.2) is 23.2 Å². The van der Waals surface area contributed by atoms with Crippen LogP contribution in [0, 0.1) is 11.6 Å². The lowest BCUT2D eigenvalue weighted by Gasteiger charge is -2.30. The molecule has 0 bridgehead atoms. The van der Waals surface area contributed by atoms with E-state index in [1.165, 1.54) is 11.3 Å². The number of aromatic nitrogens is 2. The van der Waals surface area contributed by atoms with E-state index in [2.05, 4.69) is 10.1 Å². The van der Waals surface area contributed by atoms with Crippen molar-refractivity contribution in [3.05, 3.63) is 41.5 Å². The van der Waals surface area contributed by atoms with Gasteiger partial charge in [0.2, 0.25) is 6.39 Å². The molecule has 1 aliphatic heterocycles. The van der Waals surface area contributed by atoms with Crippen LogP contribution in [0.5, 0.6) is 5.75 Å². The second-order valence-electron chi connectivity index (χ2n) is 5.14. The van der Waals surface area contributed by atoms with E-state index in [9.17, 15) is 13.6 Å². The van der Waals surface area contributed by atoms with Crippen molar-refractivity contribution < 1.29 is 23.2 Å². The van der Waals surface area contributed by atoms with E-state index in [0.717, 1.165) is 12.1 Å². The first-order valence-corrected chi connectivity index (χ1v) is 6.80. The molecule has 0 saturated carbocycles. The van der Waals surface area contributed by atoms with Crippen molar-refractivity contribution in [1.29, 1.82) is 0 Å². The zero-order valence-electron chi connectivity index (χ0n) is 11.5. The molecule has 1 N–H and O–H groups in total. The van der Waals surface area contributed by atoms with Crippen LogP contribution in [0.25, 0.3) is 0 Å². The molecule has 2 heterocycles. The molecule has 2 aromatic rings. The molecule has 8 heteroatoms. The Bertz CT molecular complexity index is 660. The van der Waals surface area contributed by atoms with Gasteiger partial charge in [0.05, 0.1) is 0 Å². The van der Waals surface area contributed by atoms with Crippen molar-refractivity contribution in [2.45, 2.75) is 18.8 Å². The molecule has 116 valence electrons. The number of piperidine rings is 1. The molecule has 0 spiro atoms. The summed E-state index contributed by atoms with van der Waals surface area (Å²) < 4.78 is 31.4. The van der Waals surface area contributed by atoms with Gasteiger partial charge in [0.25, 0.3) is 5.91 Å². The number of rotatable bonds is 2. The molecule has 1 aliphatic rings. The van der Waals surface area contributed by atoms with Crippen LogP contribution in [-0.4, -0.2) is 39.1 Å². The van der Waals surface area contributed by atoms with E-state index in [0.29, 0.717) is 31.8 Å². The number of hydrogen-bond acceptors (Lipinski definition) is 5. The third-order valence-corrected chi connectivity index (χ3v) is 3.79. The number of nitrogens with zero attached hydrogens (tertiary/aromatic N) is 3. The SMILES string of the molecule is O=C(c1cc(F)c(O)c(F)c1)N1CCC(c2ncon2)CC1. The van der Waals surface area contributed by atoms with Gasteiger partial charge in [-0.05, 0) is 25.0 Å². The number of likely N-dealkylation sites (tertiary alicyclic amines) is 1. The third kappa shape index (κ3) is 2.63. The Morgan fingerprint density at radius 2 is 1.91 bits per heavy atom. The maximum atomic E-state index is 13.3. The Morgan fingerprint density at radius 1 is 1.27 bits per heavy atom.